The predicted octanol–water partition coefficient (Wildman–Crippen LogP) is 2.68. The van der Waals surface area contributed by atoms with Crippen molar-refractivity contribution in [2.45, 2.75) is 43.9 Å². The summed E-state index contributed by atoms with van der Waals surface area (Å²) in [5, 5.41) is 0.891. The summed E-state index contributed by atoms with van der Waals surface area (Å²) in [7, 11) is 0. The highest BCUT2D eigenvalue weighted by atomic mass is 32.1. The second-order valence-electron chi connectivity index (χ2n) is 5.63. The first-order valence-electron chi connectivity index (χ1n) is 6.81. The fraction of sp³-hybridized carbons (Fsp3) is 0.769. The first-order valence-corrected chi connectivity index (χ1v) is 7.62. The zero-order valence-electron chi connectivity index (χ0n) is 11.1. The van der Waals surface area contributed by atoms with Gasteiger partial charge < -0.3 is 10.6 Å². The molecule has 0 bridgehead atoms. The molecule has 2 aliphatic rings. The van der Waals surface area contributed by atoms with Crippen LogP contribution < -0.4 is 10.6 Å². The minimum Gasteiger partial charge on any atom is -0.348 e. The van der Waals surface area contributed by atoms with Gasteiger partial charge in [-0.1, -0.05) is 0 Å². The summed E-state index contributed by atoms with van der Waals surface area (Å²) in [6, 6.07) is 0. The Morgan fingerprint density at radius 2 is 1.95 bits per heavy atom. The number of alkyl halides is 2. The lowest BCUT2D eigenvalue weighted by molar-refractivity contribution is 0.0902. The van der Waals surface area contributed by atoms with Crippen molar-refractivity contribution in [3.8, 4) is 0 Å². The molecule has 1 aromatic heterocycles. The fourth-order valence-corrected chi connectivity index (χ4v) is 4.31. The number of rotatable bonds is 3. The molecule has 6 heteroatoms. The zero-order chi connectivity index (χ0) is 13.7. The van der Waals surface area contributed by atoms with E-state index < -0.39 is 11.3 Å². The van der Waals surface area contributed by atoms with Gasteiger partial charge in [-0.3, -0.25) is 0 Å². The van der Waals surface area contributed by atoms with Crippen molar-refractivity contribution in [1.82, 2.24) is 4.98 Å². The highest BCUT2D eigenvalue weighted by molar-refractivity contribution is 7.16. The van der Waals surface area contributed by atoms with Crippen LogP contribution in [0.1, 0.15) is 36.3 Å². The smallest absolute Gasteiger partial charge is 0.261 e. The van der Waals surface area contributed by atoms with Crippen LogP contribution in [0, 0.1) is 6.92 Å². The number of aryl methyl sites for hydroxylation is 1. The molecule has 1 aliphatic carbocycles. The molecule has 0 spiro atoms. The van der Waals surface area contributed by atoms with Crippen LogP contribution in [0.25, 0.3) is 0 Å². The van der Waals surface area contributed by atoms with Gasteiger partial charge in [0.15, 0.2) is 5.13 Å². The number of halogens is 2. The Kier molecular flexibility index (Phi) is 3.05. The van der Waals surface area contributed by atoms with Crippen LogP contribution in [0.5, 0.6) is 0 Å². The van der Waals surface area contributed by atoms with Crippen LogP contribution in [0.4, 0.5) is 13.9 Å². The maximum atomic E-state index is 13.7. The second kappa shape index (κ2) is 4.38. The lowest BCUT2D eigenvalue weighted by Crippen LogP contribution is -2.29. The van der Waals surface area contributed by atoms with E-state index in [1.54, 1.807) is 0 Å². The van der Waals surface area contributed by atoms with Crippen LogP contribution in [-0.4, -0.2) is 30.5 Å². The van der Waals surface area contributed by atoms with E-state index in [0.717, 1.165) is 36.8 Å². The largest absolute Gasteiger partial charge is 0.348 e. The van der Waals surface area contributed by atoms with Crippen molar-refractivity contribution < 1.29 is 8.78 Å². The van der Waals surface area contributed by atoms with Crippen molar-refractivity contribution >= 4 is 16.5 Å². The molecule has 1 aromatic rings. The van der Waals surface area contributed by atoms with E-state index in [1.165, 1.54) is 17.8 Å². The molecular formula is C13H19F2N3S. The number of anilines is 1. The van der Waals surface area contributed by atoms with Crippen LogP contribution in [0.3, 0.4) is 0 Å². The Balaban J connectivity index is 1.90. The number of hydrogen-bond acceptors (Lipinski definition) is 4. The first-order chi connectivity index (χ1) is 9.00. The molecule has 106 valence electrons. The van der Waals surface area contributed by atoms with E-state index in [-0.39, 0.29) is 13.0 Å². The molecule has 2 heterocycles. The van der Waals surface area contributed by atoms with Gasteiger partial charge in [0.1, 0.15) is 0 Å². The van der Waals surface area contributed by atoms with Crippen LogP contribution in [-0.2, 0) is 5.41 Å². The lowest BCUT2D eigenvalue weighted by Gasteiger charge is -2.25. The Bertz CT molecular complexity index is 482. The van der Waals surface area contributed by atoms with Crippen molar-refractivity contribution in [3.63, 3.8) is 0 Å². The van der Waals surface area contributed by atoms with Crippen molar-refractivity contribution in [1.29, 1.82) is 0 Å². The van der Waals surface area contributed by atoms with Gasteiger partial charge in [-0.15, -0.1) is 11.3 Å². The molecule has 2 fully saturated rings. The maximum Gasteiger partial charge on any atom is 0.261 e. The summed E-state index contributed by atoms with van der Waals surface area (Å²) in [5.41, 5.74) is 5.21. The summed E-state index contributed by atoms with van der Waals surface area (Å²) in [4.78, 5) is 7.42. The minimum atomic E-state index is -2.65. The molecule has 19 heavy (non-hydrogen) atoms. The average molecular weight is 287 g/mol. The van der Waals surface area contributed by atoms with Gasteiger partial charge >= 0.3 is 0 Å². The van der Waals surface area contributed by atoms with Crippen LogP contribution in [0.2, 0.25) is 0 Å². The summed E-state index contributed by atoms with van der Waals surface area (Å²) in [6.07, 6.45) is 3.44. The number of piperidine rings is 1. The van der Waals surface area contributed by atoms with Crippen LogP contribution in [0.15, 0.2) is 0 Å². The molecule has 2 N–H and O–H groups in total. The highest BCUT2D eigenvalue weighted by Gasteiger charge is 2.72. The Morgan fingerprint density at radius 1 is 1.32 bits per heavy atom. The van der Waals surface area contributed by atoms with E-state index in [2.05, 4.69) is 9.88 Å². The van der Waals surface area contributed by atoms with E-state index in [4.69, 9.17) is 5.73 Å². The molecule has 3 rings (SSSR count). The minimum absolute atomic E-state index is 0.00245. The van der Waals surface area contributed by atoms with Crippen molar-refractivity contribution in [3.05, 3.63) is 10.6 Å². The van der Waals surface area contributed by atoms with Gasteiger partial charge in [0.05, 0.1) is 11.1 Å². The third kappa shape index (κ3) is 1.96. The molecule has 0 amide bonds. The van der Waals surface area contributed by atoms with E-state index in [9.17, 15) is 8.78 Å². The second-order valence-corrected chi connectivity index (χ2v) is 6.60. The van der Waals surface area contributed by atoms with E-state index >= 15 is 0 Å². The number of hydrogen-bond donors (Lipinski definition) is 1. The SMILES string of the molecule is Cc1nc(N2CCCCC2)sc1C1(CN)CC1(F)F. The Morgan fingerprint density at radius 3 is 2.47 bits per heavy atom. The third-order valence-electron chi connectivity index (χ3n) is 4.29. The normalized spacial score (nSPS) is 29.6. The molecule has 1 aliphatic heterocycles. The number of thiazole rings is 1. The first kappa shape index (κ1) is 13.2. The summed E-state index contributed by atoms with van der Waals surface area (Å²) in [5.74, 6) is -2.65. The topological polar surface area (TPSA) is 42.2 Å². The molecule has 1 saturated heterocycles. The van der Waals surface area contributed by atoms with Gasteiger partial charge in [-0.2, -0.15) is 0 Å². The lowest BCUT2D eigenvalue weighted by atomic mass is 10.0. The number of aromatic nitrogens is 1. The average Bonchev–Trinajstić information content (AvgIpc) is 2.77. The number of nitrogens with two attached hydrogens (primary N) is 1. The third-order valence-corrected chi connectivity index (χ3v) is 5.72. The fourth-order valence-electron chi connectivity index (χ4n) is 2.94. The molecule has 0 radical (unpaired) electrons. The Hall–Kier alpha value is -0.750. The zero-order valence-corrected chi connectivity index (χ0v) is 11.9. The van der Waals surface area contributed by atoms with Gasteiger partial charge in [-0.25, -0.2) is 13.8 Å². The summed E-state index contributed by atoms with van der Waals surface area (Å²) >= 11 is 1.42. The van der Waals surface area contributed by atoms with Gasteiger partial charge in [-0.05, 0) is 26.2 Å². The number of nitrogens with zero attached hydrogens (tertiary/aromatic N) is 2. The molecule has 1 saturated carbocycles. The van der Waals surface area contributed by atoms with Gasteiger partial charge in [0.2, 0.25) is 0 Å². The Labute approximate surface area is 115 Å². The standard InChI is InChI=1S/C13H19F2N3S/c1-9-10(12(8-16)7-13(12,14)15)19-11(17-9)18-5-3-2-4-6-18/h2-8,16H2,1H3. The van der Waals surface area contributed by atoms with Gasteiger partial charge in [0.25, 0.3) is 5.92 Å². The quantitative estimate of drug-likeness (QED) is 0.929. The molecule has 3 nitrogen and oxygen atoms in total. The van der Waals surface area contributed by atoms with Crippen LogP contribution >= 0.6 is 11.3 Å². The maximum absolute atomic E-state index is 13.7. The van der Waals surface area contributed by atoms with Crippen molar-refractivity contribution in [2.75, 3.05) is 24.5 Å². The predicted molar refractivity (Wildman–Crippen MR) is 73.2 cm³/mol. The highest BCUT2D eigenvalue weighted by Crippen LogP contribution is 2.63. The summed E-state index contributed by atoms with van der Waals surface area (Å²) < 4.78 is 27.3. The van der Waals surface area contributed by atoms with E-state index in [0.29, 0.717) is 4.88 Å². The molecule has 1 atom stereocenters. The van der Waals surface area contributed by atoms with Crippen molar-refractivity contribution in [2.24, 2.45) is 5.73 Å². The van der Waals surface area contributed by atoms with Gasteiger partial charge in [0, 0.05) is 30.9 Å². The molecule has 1 unspecified atom stereocenters. The molecular weight excluding hydrogens is 268 g/mol. The summed E-state index contributed by atoms with van der Waals surface area (Å²) in [6.45, 7) is 3.80. The monoisotopic (exact) mass is 287 g/mol. The molecule has 0 aromatic carbocycles. The van der Waals surface area contributed by atoms with E-state index in [1.807, 2.05) is 6.92 Å².